The summed E-state index contributed by atoms with van der Waals surface area (Å²) in [5.41, 5.74) is 0. The fourth-order valence-corrected chi connectivity index (χ4v) is 9.26. The van der Waals surface area contributed by atoms with Crippen LogP contribution >= 0.6 is 0 Å². The van der Waals surface area contributed by atoms with Gasteiger partial charge in [0.25, 0.3) is 0 Å². The Kier molecular flexibility index (Phi) is 49.9. The third-order valence-electron chi connectivity index (χ3n) is 14.3. The van der Waals surface area contributed by atoms with Crippen molar-refractivity contribution < 1.29 is 49.3 Å². The highest BCUT2D eigenvalue weighted by atomic mass is 16.7. The molecule has 8 unspecified atom stereocenters. The second-order valence-electron chi connectivity index (χ2n) is 21.4. The van der Waals surface area contributed by atoms with E-state index in [1.165, 1.54) is 122 Å². The van der Waals surface area contributed by atoms with Crippen molar-refractivity contribution in [2.45, 2.75) is 307 Å². The van der Waals surface area contributed by atoms with Gasteiger partial charge >= 0.3 is 5.97 Å². The first-order valence-electron chi connectivity index (χ1n) is 31.4. The van der Waals surface area contributed by atoms with Gasteiger partial charge in [-0.25, -0.2) is 0 Å². The van der Waals surface area contributed by atoms with Gasteiger partial charge in [0.05, 0.1) is 25.4 Å². The molecule has 1 saturated heterocycles. The maximum atomic E-state index is 13.4. The SMILES string of the molecule is CCCCC/C=C\C/C=C\C/C=C\C/C=C\CCCC(=O)OC1C(OCC(NC(=O)C(O)CCCCCCCCCCCC/C=C\C/C=C\CCCCC)C(O)/C=C/CCCCCCCCCCC)OC(CO)C(O)C1O. The van der Waals surface area contributed by atoms with E-state index < -0.39 is 67.4 Å². The Morgan fingerprint density at radius 2 is 0.896 bits per heavy atom. The lowest BCUT2D eigenvalue weighted by molar-refractivity contribution is -0.305. The molecule has 0 aliphatic carbocycles. The molecule has 0 radical (unpaired) electrons. The zero-order valence-corrected chi connectivity index (χ0v) is 49.1. The number of allylic oxidation sites excluding steroid dienone is 13. The Morgan fingerprint density at radius 3 is 1.36 bits per heavy atom. The van der Waals surface area contributed by atoms with Gasteiger partial charge in [0.1, 0.15) is 24.4 Å². The normalized spacial score (nSPS) is 19.6. The summed E-state index contributed by atoms with van der Waals surface area (Å²) < 4.78 is 17.5. The van der Waals surface area contributed by atoms with Crippen LogP contribution in [0.4, 0.5) is 0 Å². The van der Waals surface area contributed by atoms with Crippen molar-refractivity contribution in [2.24, 2.45) is 0 Å². The minimum Gasteiger partial charge on any atom is -0.454 e. The van der Waals surface area contributed by atoms with Gasteiger partial charge in [-0.2, -0.15) is 0 Å². The Balaban J connectivity index is 2.69. The number of aliphatic hydroxyl groups excluding tert-OH is 5. The van der Waals surface area contributed by atoms with Crippen molar-refractivity contribution in [1.29, 1.82) is 0 Å². The largest absolute Gasteiger partial charge is 0.454 e. The molecule has 1 amide bonds. The van der Waals surface area contributed by atoms with Crippen molar-refractivity contribution in [3.63, 3.8) is 0 Å². The summed E-state index contributed by atoms with van der Waals surface area (Å²) in [5, 5.41) is 56.9. The predicted molar refractivity (Wildman–Crippen MR) is 319 cm³/mol. The summed E-state index contributed by atoms with van der Waals surface area (Å²) in [6.07, 6.45) is 59.1. The summed E-state index contributed by atoms with van der Waals surface area (Å²) in [4.78, 5) is 26.5. The second kappa shape index (κ2) is 53.5. The molecule has 8 atom stereocenters. The number of hydrogen-bond acceptors (Lipinski definition) is 10. The summed E-state index contributed by atoms with van der Waals surface area (Å²) in [5.74, 6) is -1.26. The van der Waals surface area contributed by atoms with Gasteiger partial charge in [-0.05, 0) is 96.3 Å². The van der Waals surface area contributed by atoms with Crippen LogP contribution in [-0.2, 0) is 23.8 Å². The first kappa shape index (κ1) is 71.9. The van der Waals surface area contributed by atoms with Gasteiger partial charge < -0.3 is 45.1 Å². The fraction of sp³-hybridized carbons (Fsp3) is 0.758. The van der Waals surface area contributed by atoms with Gasteiger partial charge in [-0.1, -0.05) is 241 Å². The molecule has 0 aromatic carbocycles. The van der Waals surface area contributed by atoms with Crippen molar-refractivity contribution in [3.8, 4) is 0 Å². The lowest BCUT2D eigenvalue weighted by atomic mass is 9.99. The summed E-state index contributed by atoms with van der Waals surface area (Å²) >= 11 is 0. The number of ether oxygens (including phenoxy) is 3. The molecule has 6 N–H and O–H groups in total. The number of carbonyl (C=O) groups is 2. The highest BCUT2D eigenvalue weighted by molar-refractivity contribution is 5.80. The zero-order chi connectivity index (χ0) is 56.1. The van der Waals surface area contributed by atoms with Crippen molar-refractivity contribution in [2.75, 3.05) is 13.2 Å². The molecule has 11 nitrogen and oxygen atoms in total. The third kappa shape index (κ3) is 41.5. The number of hydrogen-bond donors (Lipinski definition) is 6. The number of esters is 1. The van der Waals surface area contributed by atoms with E-state index in [0.29, 0.717) is 19.3 Å². The number of unbranched alkanes of at least 4 members (excludes halogenated alkanes) is 26. The Labute approximate surface area is 470 Å². The average molecular weight is 1080 g/mol. The van der Waals surface area contributed by atoms with Crippen LogP contribution in [0.25, 0.3) is 0 Å². The highest BCUT2D eigenvalue weighted by Crippen LogP contribution is 2.26. The first-order valence-corrected chi connectivity index (χ1v) is 31.4. The molecule has 1 aliphatic rings. The molecule has 0 saturated carbocycles. The van der Waals surface area contributed by atoms with Crippen molar-refractivity contribution in [3.05, 3.63) is 85.1 Å². The molecule has 0 aromatic heterocycles. The molecule has 11 heteroatoms. The number of rotatable bonds is 52. The Hall–Kier alpha value is -3.16. The maximum Gasteiger partial charge on any atom is 0.306 e. The lowest BCUT2D eigenvalue weighted by Gasteiger charge is -2.41. The number of amides is 1. The minimum absolute atomic E-state index is 0.0447. The molecular weight excluding hydrogens is 967 g/mol. The van der Waals surface area contributed by atoms with Gasteiger partial charge in [-0.15, -0.1) is 0 Å². The first-order chi connectivity index (χ1) is 37.7. The van der Waals surface area contributed by atoms with E-state index in [2.05, 4.69) is 92.9 Å². The molecule has 444 valence electrons. The minimum atomic E-state index is -1.64. The number of aliphatic hydroxyl groups is 5. The van der Waals surface area contributed by atoms with Crippen LogP contribution in [0.15, 0.2) is 85.1 Å². The Bertz CT molecular complexity index is 1570. The molecule has 1 heterocycles. The van der Waals surface area contributed by atoms with Crippen LogP contribution in [0.2, 0.25) is 0 Å². The number of carbonyl (C=O) groups excluding carboxylic acids is 2. The molecule has 1 fully saturated rings. The monoisotopic (exact) mass is 1080 g/mol. The fourth-order valence-electron chi connectivity index (χ4n) is 9.26. The topological polar surface area (TPSA) is 175 Å². The highest BCUT2D eigenvalue weighted by Gasteiger charge is 2.47. The van der Waals surface area contributed by atoms with Crippen LogP contribution in [0.3, 0.4) is 0 Å². The predicted octanol–water partition coefficient (Wildman–Crippen LogP) is 14.9. The van der Waals surface area contributed by atoms with Crippen molar-refractivity contribution in [1.82, 2.24) is 5.32 Å². The van der Waals surface area contributed by atoms with Crippen molar-refractivity contribution >= 4 is 11.9 Å². The van der Waals surface area contributed by atoms with Gasteiger partial charge in [0.2, 0.25) is 5.91 Å². The van der Waals surface area contributed by atoms with E-state index in [0.717, 1.165) is 83.5 Å². The summed E-state index contributed by atoms with van der Waals surface area (Å²) in [6, 6.07) is -1.04. The van der Waals surface area contributed by atoms with Crippen LogP contribution in [0.1, 0.15) is 258 Å². The second-order valence-corrected chi connectivity index (χ2v) is 21.4. The summed E-state index contributed by atoms with van der Waals surface area (Å²) in [6.45, 7) is 5.70. The molecule has 0 spiro atoms. The maximum absolute atomic E-state index is 13.4. The summed E-state index contributed by atoms with van der Waals surface area (Å²) in [7, 11) is 0. The van der Waals surface area contributed by atoms with E-state index in [1.807, 2.05) is 12.2 Å². The molecular formula is C66H115NO10. The van der Waals surface area contributed by atoms with Gasteiger partial charge in [0.15, 0.2) is 12.4 Å². The molecule has 0 bridgehead atoms. The molecule has 0 aromatic rings. The quantitative estimate of drug-likeness (QED) is 0.0195. The number of nitrogens with one attached hydrogen (secondary N) is 1. The third-order valence-corrected chi connectivity index (χ3v) is 14.3. The van der Waals surface area contributed by atoms with E-state index in [-0.39, 0.29) is 19.4 Å². The van der Waals surface area contributed by atoms with Crippen LogP contribution in [0.5, 0.6) is 0 Å². The van der Waals surface area contributed by atoms with Gasteiger partial charge in [-0.3, -0.25) is 9.59 Å². The molecule has 1 aliphatic heterocycles. The van der Waals surface area contributed by atoms with Crippen LogP contribution < -0.4 is 5.32 Å². The van der Waals surface area contributed by atoms with E-state index >= 15 is 0 Å². The lowest BCUT2D eigenvalue weighted by Crippen LogP contribution is -2.61. The smallest absolute Gasteiger partial charge is 0.306 e. The standard InChI is InChI=1S/C66H115NO10/c1-4-7-10-13-16-19-22-24-26-28-29-30-32-33-35-38-41-44-47-50-53-59(70)65(74)67-57(58(69)52-49-46-43-40-37-21-18-15-12-9-6-3)56-75-66-64(63(73)62(72)60(55-68)76-66)77-61(71)54-51-48-45-42-39-36-34-31-27-25-23-20-17-14-11-8-5-2/h16-17,19-20,24-27,34,36,42,45,49,52,57-60,62-64,66,68-70,72-73H,4-15,18,21-23,28-33,35,37-41,43-44,46-48,50-51,53-56H2,1-3H3,(H,67,74)/b19-16-,20-17-,26-24-,27-25-,36-34-,45-42-,52-49+. The molecule has 1 rings (SSSR count). The van der Waals surface area contributed by atoms with E-state index in [4.69, 9.17) is 14.2 Å². The van der Waals surface area contributed by atoms with Crippen LogP contribution in [0, 0.1) is 0 Å². The Morgan fingerprint density at radius 1 is 0.506 bits per heavy atom. The van der Waals surface area contributed by atoms with E-state index in [1.54, 1.807) is 6.08 Å². The zero-order valence-electron chi connectivity index (χ0n) is 49.1. The van der Waals surface area contributed by atoms with E-state index in [9.17, 15) is 35.1 Å². The average Bonchev–Trinajstić information content (AvgIpc) is 3.43. The molecule has 77 heavy (non-hydrogen) atoms. The van der Waals surface area contributed by atoms with Gasteiger partial charge in [0, 0.05) is 6.42 Å². The van der Waals surface area contributed by atoms with Crippen LogP contribution in [-0.4, -0.2) is 99.6 Å².